The molecule has 0 bridgehead atoms. The molecule has 2 N–H and O–H groups in total. The van der Waals surface area contributed by atoms with Gasteiger partial charge >= 0.3 is 0 Å². The number of phenols is 1. The quantitative estimate of drug-likeness (QED) is 0.864. The molecule has 0 spiro atoms. The van der Waals surface area contributed by atoms with Crippen molar-refractivity contribution in [1.82, 2.24) is 5.32 Å². The molecule has 0 radical (unpaired) electrons. The predicted octanol–water partition coefficient (Wildman–Crippen LogP) is 2.07. The zero-order valence-corrected chi connectivity index (χ0v) is 13.1. The fourth-order valence-corrected chi connectivity index (χ4v) is 2.09. The molecule has 4 nitrogen and oxygen atoms in total. The van der Waals surface area contributed by atoms with Crippen LogP contribution in [0.3, 0.4) is 0 Å². The summed E-state index contributed by atoms with van der Waals surface area (Å²) < 4.78 is 22.9. The van der Waals surface area contributed by atoms with E-state index in [4.69, 9.17) is 0 Å². The first-order valence-corrected chi connectivity index (χ1v) is 8.19. The number of benzene rings is 1. The highest BCUT2D eigenvalue weighted by molar-refractivity contribution is 9.10. The molecule has 0 unspecified atom stereocenters. The molecule has 0 saturated carbocycles. The molecule has 6 heteroatoms. The third kappa shape index (κ3) is 3.96. The van der Waals surface area contributed by atoms with Gasteiger partial charge in [0.15, 0.2) is 9.84 Å². The molecule has 0 aliphatic carbocycles. The third-order valence-electron chi connectivity index (χ3n) is 2.90. The van der Waals surface area contributed by atoms with Crippen LogP contribution in [0.25, 0.3) is 0 Å². The molecule has 0 aromatic heterocycles. The Morgan fingerprint density at radius 3 is 2.50 bits per heavy atom. The average molecular weight is 336 g/mol. The fraction of sp³-hybridized carbons (Fsp3) is 0.500. The van der Waals surface area contributed by atoms with Gasteiger partial charge < -0.3 is 10.4 Å². The van der Waals surface area contributed by atoms with Gasteiger partial charge in [0, 0.05) is 19.3 Å². The van der Waals surface area contributed by atoms with E-state index in [0.717, 1.165) is 5.56 Å². The highest BCUT2D eigenvalue weighted by Gasteiger charge is 2.29. The second-order valence-electron chi connectivity index (χ2n) is 4.92. The van der Waals surface area contributed by atoms with Crippen molar-refractivity contribution in [3.8, 4) is 5.75 Å². The summed E-state index contributed by atoms with van der Waals surface area (Å²) >= 11 is 3.24. The van der Waals surface area contributed by atoms with Gasteiger partial charge in [-0.25, -0.2) is 8.42 Å². The summed E-state index contributed by atoms with van der Waals surface area (Å²) in [6.45, 7) is 4.33. The van der Waals surface area contributed by atoms with Gasteiger partial charge in [0.1, 0.15) is 5.75 Å². The molecule has 0 heterocycles. The predicted molar refractivity (Wildman–Crippen MR) is 76.4 cm³/mol. The SMILES string of the molecule is CC(C)(CNCc1ccc(O)c(Br)c1)S(C)(=O)=O. The molecular formula is C12H18BrNO3S. The molecular weight excluding hydrogens is 318 g/mol. The largest absolute Gasteiger partial charge is 0.507 e. The summed E-state index contributed by atoms with van der Waals surface area (Å²) in [4.78, 5) is 0. The van der Waals surface area contributed by atoms with Crippen LogP contribution in [0.5, 0.6) is 5.75 Å². The molecule has 0 aliphatic heterocycles. The Balaban J connectivity index is 2.60. The minimum atomic E-state index is -3.08. The van der Waals surface area contributed by atoms with Gasteiger partial charge in [0.05, 0.1) is 9.22 Å². The van der Waals surface area contributed by atoms with Crippen molar-refractivity contribution < 1.29 is 13.5 Å². The van der Waals surface area contributed by atoms with Crippen molar-refractivity contribution in [3.63, 3.8) is 0 Å². The number of sulfone groups is 1. The van der Waals surface area contributed by atoms with E-state index < -0.39 is 14.6 Å². The molecule has 0 aliphatic rings. The maximum absolute atomic E-state index is 11.5. The van der Waals surface area contributed by atoms with Crippen LogP contribution in [-0.4, -0.2) is 31.1 Å². The van der Waals surface area contributed by atoms with Crippen molar-refractivity contribution in [2.24, 2.45) is 0 Å². The number of hydrogen-bond acceptors (Lipinski definition) is 4. The lowest BCUT2D eigenvalue weighted by molar-refractivity contribution is 0.471. The molecule has 0 saturated heterocycles. The van der Waals surface area contributed by atoms with Crippen LogP contribution >= 0.6 is 15.9 Å². The molecule has 1 aromatic rings. The van der Waals surface area contributed by atoms with Gasteiger partial charge in [0.2, 0.25) is 0 Å². The van der Waals surface area contributed by atoms with E-state index >= 15 is 0 Å². The normalized spacial score (nSPS) is 12.7. The second kappa shape index (κ2) is 5.59. The van der Waals surface area contributed by atoms with Crippen molar-refractivity contribution in [2.75, 3.05) is 12.8 Å². The number of halogens is 1. The van der Waals surface area contributed by atoms with Crippen molar-refractivity contribution in [1.29, 1.82) is 0 Å². The van der Waals surface area contributed by atoms with E-state index in [1.165, 1.54) is 6.26 Å². The second-order valence-corrected chi connectivity index (χ2v) is 8.43. The Morgan fingerprint density at radius 1 is 1.39 bits per heavy atom. The van der Waals surface area contributed by atoms with Gasteiger partial charge in [-0.1, -0.05) is 6.07 Å². The number of nitrogens with one attached hydrogen (secondary N) is 1. The first kappa shape index (κ1) is 15.5. The van der Waals surface area contributed by atoms with Crippen molar-refractivity contribution in [3.05, 3.63) is 28.2 Å². The van der Waals surface area contributed by atoms with Crippen molar-refractivity contribution in [2.45, 2.75) is 25.1 Å². The number of aromatic hydroxyl groups is 1. The summed E-state index contributed by atoms with van der Waals surface area (Å²) in [5.74, 6) is 0.190. The smallest absolute Gasteiger partial charge is 0.153 e. The van der Waals surface area contributed by atoms with Gasteiger partial charge in [-0.05, 0) is 47.5 Å². The standard InChI is InChI=1S/C12H18BrNO3S/c1-12(2,18(3,16)17)8-14-7-9-4-5-11(15)10(13)6-9/h4-6,14-15H,7-8H2,1-3H3. The topological polar surface area (TPSA) is 66.4 Å². The van der Waals surface area contributed by atoms with E-state index in [9.17, 15) is 13.5 Å². The first-order chi connectivity index (χ1) is 8.13. The van der Waals surface area contributed by atoms with Gasteiger partial charge in [-0.2, -0.15) is 0 Å². The van der Waals surface area contributed by atoms with E-state index in [1.54, 1.807) is 32.0 Å². The van der Waals surface area contributed by atoms with E-state index in [0.29, 0.717) is 17.6 Å². The van der Waals surface area contributed by atoms with E-state index in [2.05, 4.69) is 21.2 Å². The summed E-state index contributed by atoms with van der Waals surface area (Å²) in [7, 11) is -3.08. The Morgan fingerprint density at radius 2 is 2.00 bits per heavy atom. The Hall–Kier alpha value is -0.590. The number of rotatable bonds is 5. The monoisotopic (exact) mass is 335 g/mol. The molecule has 0 fully saturated rings. The van der Waals surface area contributed by atoms with Crippen LogP contribution in [0.1, 0.15) is 19.4 Å². The molecule has 18 heavy (non-hydrogen) atoms. The minimum Gasteiger partial charge on any atom is -0.507 e. The Bertz CT molecular complexity index is 526. The lowest BCUT2D eigenvalue weighted by Crippen LogP contribution is -2.41. The highest BCUT2D eigenvalue weighted by atomic mass is 79.9. The zero-order valence-electron chi connectivity index (χ0n) is 10.7. The van der Waals surface area contributed by atoms with Crippen molar-refractivity contribution >= 4 is 25.8 Å². The molecule has 0 amide bonds. The van der Waals surface area contributed by atoms with Gasteiger partial charge in [-0.3, -0.25) is 0 Å². The summed E-state index contributed by atoms with van der Waals surface area (Å²) in [6.07, 6.45) is 1.24. The third-order valence-corrected chi connectivity index (χ3v) is 5.68. The lowest BCUT2D eigenvalue weighted by atomic mass is 10.2. The van der Waals surface area contributed by atoms with Crippen LogP contribution in [0.15, 0.2) is 22.7 Å². The fourth-order valence-electron chi connectivity index (χ4n) is 1.30. The van der Waals surface area contributed by atoms with Crippen LogP contribution < -0.4 is 5.32 Å². The van der Waals surface area contributed by atoms with Crippen LogP contribution in [0.4, 0.5) is 0 Å². The number of phenolic OH excluding ortho intramolecular Hbond substituents is 1. The average Bonchev–Trinajstić information content (AvgIpc) is 2.21. The minimum absolute atomic E-state index is 0.190. The van der Waals surface area contributed by atoms with Gasteiger partial charge in [-0.15, -0.1) is 0 Å². The summed E-state index contributed by atoms with van der Waals surface area (Å²) in [6, 6.07) is 5.19. The molecule has 0 atom stereocenters. The zero-order chi connectivity index (χ0) is 14.0. The highest BCUT2D eigenvalue weighted by Crippen LogP contribution is 2.24. The van der Waals surface area contributed by atoms with Crippen LogP contribution in [0.2, 0.25) is 0 Å². The Kier molecular flexibility index (Phi) is 4.80. The first-order valence-electron chi connectivity index (χ1n) is 5.51. The molecule has 1 rings (SSSR count). The number of hydrogen-bond donors (Lipinski definition) is 2. The Labute approximate surface area is 116 Å². The summed E-state index contributed by atoms with van der Waals surface area (Å²) in [5.41, 5.74) is 0.976. The maximum atomic E-state index is 11.5. The van der Waals surface area contributed by atoms with E-state index in [1.807, 2.05) is 0 Å². The maximum Gasteiger partial charge on any atom is 0.153 e. The van der Waals surface area contributed by atoms with Crippen LogP contribution in [-0.2, 0) is 16.4 Å². The summed E-state index contributed by atoms with van der Waals surface area (Å²) in [5, 5.41) is 12.5. The van der Waals surface area contributed by atoms with Gasteiger partial charge in [0.25, 0.3) is 0 Å². The van der Waals surface area contributed by atoms with E-state index in [-0.39, 0.29) is 5.75 Å². The molecule has 1 aromatic carbocycles. The lowest BCUT2D eigenvalue weighted by Gasteiger charge is -2.22. The molecule has 102 valence electrons. The van der Waals surface area contributed by atoms with Crippen LogP contribution in [0, 0.1) is 0 Å².